The fraction of sp³-hybridized carbons (Fsp3) is 0.556. The molecular weight excluding hydrogens is 278 g/mol. The number of hydrogen-bond donors (Lipinski definition) is 3. The number of sulfonamides is 1. The van der Waals surface area contributed by atoms with Crippen LogP contribution in [0.15, 0.2) is 20.7 Å². The number of aliphatic hydroxyl groups excluding tert-OH is 1. The summed E-state index contributed by atoms with van der Waals surface area (Å²) in [4.78, 5) is 25.7. The van der Waals surface area contributed by atoms with Gasteiger partial charge in [0.05, 0.1) is 13.2 Å². The van der Waals surface area contributed by atoms with Crippen molar-refractivity contribution in [1.29, 1.82) is 0 Å². The molecule has 0 spiro atoms. The molecule has 1 rings (SSSR count). The first kappa shape index (κ1) is 15.6. The molecule has 10 heteroatoms. The molecule has 0 bridgehead atoms. The Labute approximate surface area is 108 Å². The quantitative estimate of drug-likeness (QED) is 0.517. The van der Waals surface area contributed by atoms with Gasteiger partial charge in [-0.15, -0.1) is 0 Å². The van der Waals surface area contributed by atoms with E-state index in [0.717, 1.165) is 10.5 Å². The molecule has 0 saturated carbocycles. The Morgan fingerprint density at radius 2 is 2.05 bits per heavy atom. The summed E-state index contributed by atoms with van der Waals surface area (Å²) in [6.45, 7) is -0.479. The van der Waals surface area contributed by atoms with Gasteiger partial charge in [0.2, 0.25) is 10.0 Å². The number of nitrogens with one attached hydrogen (secondary N) is 2. The van der Waals surface area contributed by atoms with E-state index in [0.29, 0.717) is 0 Å². The average molecular weight is 293 g/mol. The first-order valence-electron chi connectivity index (χ1n) is 5.35. The lowest BCUT2D eigenvalue weighted by Crippen LogP contribution is -2.39. The van der Waals surface area contributed by atoms with E-state index < -0.39 is 32.8 Å². The molecule has 1 heterocycles. The molecule has 0 saturated heterocycles. The summed E-state index contributed by atoms with van der Waals surface area (Å²) in [5.41, 5.74) is -1.81. The van der Waals surface area contributed by atoms with Crippen LogP contribution in [0.3, 0.4) is 0 Å². The minimum Gasteiger partial charge on any atom is -0.395 e. The molecule has 1 aromatic rings. The topological polar surface area (TPSA) is 133 Å². The smallest absolute Gasteiger partial charge is 0.325 e. The van der Waals surface area contributed by atoms with Gasteiger partial charge in [-0.1, -0.05) is 0 Å². The zero-order valence-electron chi connectivity index (χ0n) is 10.2. The molecule has 0 aliphatic rings. The van der Waals surface area contributed by atoms with Gasteiger partial charge in [0.25, 0.3) is 5.56 Å². The molecule has 0 aliphatic carbocycles. The highest BCUT2D eigenvalue weighted by Gasteiger charge is 2.26. The predicted molar refractivity (Wildman–Crippen MR) is 65.4 cm³/mol. The highest BCUT2D eigenvalue weighted by atomic mass is 32.2. The molecule has 3 N–H and O–H groups in total. The van der Waals surface area contributed by atoms with E-state index in [1.807, 2.05) is 4.98 Å². The van der Waals surface area contributed by atoms with Crippen LogP contribution in [0.4, 0.5) is 0 Å². The Balaban J connectivity index is 3.18. The van der Waals surface area contributed by atoms with E-state index in [1.165, 1.54) is 7.11 Å². The summed E-state index contributed by atoms with van der Waals surface area (Å²) in [5, 5.41) is 8.87. The Bertz CT molecular complexity index is 619. The number of methoxy groups -OCH3 is 1. The molecule has 0 unspecified atom stereocenters. The van der Waals surface area contributed by atoms with Gasteiger partial charge in [-0.3, -0.25) is 9.78 Å². The lowest BCUT2D eigenvalue weighted by atomic mass is 10.6. The van der Waals surface area contributed by atoms with Gasteiger partial charge in [0.1, 0.15) is 0 Å². The number of aromatic nitrogens is 2. The van der Waals surface area contributed by atoms with Gasteiger partial charge >= 0.3 is 5.69 Å². The molecular formula is C9H15N3O6S. The van der Waals surface area contributed by atoms with Crippen molar-refractivity contribution in [3.63, 3.8) is 0 Å². The third kappa shape index (κ3) is 3.73. The molecule has 108 valence electrons. The normalized spacial score (nSPS) is 11.9. The minimum atomic E-state index is -4.10. The van der Waals surface area contributed by atoms with Crippen LogP contribution in [0.1, 0.15) is 0 Å². The van der Waals surface area contributed by atoms with Crippen molar-refractivity contribution >= 4 is 10.0 Å². The van der Waals surface area contributed by atoms with Crippen LogP contribution in [-0.4, -0.2) is 61.2 Å². The fourth-order valence-corrected chi connectivity index (χ4v) is 2.79. The van der Waals surface area contributed by atoms with Crippen molar-refractivity contribution in [3.05, 3.63) is 27.0 Å². The Morgan fingerprint density at radius 1 is 1.37 bits per heavy atom. The van der Waals surface area contributed by atoms with Gasteiger partial charge in [0, 0.05) is 26.4 Å². The van der Waals surface area contributed by atoms with Crippen LogP contribution >= 0.6 is 0 Å². The zero-order chi connectivity index (χ0) is 14.5. The standard InChI is InChI=1S/C9H15N3O6S/c1-18-5-3-12(2-4-13)19(16,17)7-6-10-9(15)11-8(7)14/h6,13H,2-5H2,1H3,(H2,10,11,14,15). The van der Waals surface area contributed by atoms with E-state index in [2.05, 4.69) is 4.98 Å². The van der Waals surface area contributed by atoms with Crippen LogP contribution in [0.5, 0.6) is 0 Å². The lowest BCUT2D eigenvalue weighted by Gasteiger charge is -2.20. The van der Waals surface area contributed by atoms with E-state index in [1.54, 1.807) is 0 Å². The first-order valence-corrected chi connectivity index (χ1v) is 6.79. The van der Waals surface area contributed by atoms with Crippen molar-refractivity contribution in [1.82, 2.24) is 14.3 Å². The highest BCUT2D eigenvalue weighted by Crippen LogP contribution is 2.09. The van der Waals surface area contributed by atoms with Crippen LogP contribution in [0, 0.1) is 0 Å². The lowest BCUT2D eigenvalue weighted by molar-refractivity contribution is 0.168. The number of hydrogen-bond acceptors (Lipinski definition) is 6. The number of H-pyrrole nitrogens is 2. The van der Waals surface area contributed by atoms with E-state index in [9.17, 15) is 18.0 Å². The van der Waals surface area contributed by atoms with Gasteiger partial charge in [-0.2, -0.15) is 4.31 Å². The predicted octanol–water partition coefficient (Wildman–Crippen LogP) is -2.31. The van der Waals surface area contributed by atoms with Gasteiger partial charge < -0.3 is 14.8 Å². The van der Waals surface area contributed by atoms with Gasteiger partial charge in [0.15, 0.2) is 4.90 Å². The summed E-state index contributed by atoms with van der Waals surface area (Å²) in [6.07, 6.45) is 0.827. The fourth-order valence-electron chi connectivity index (χ4n) is 1.38. The summed E-state index contributed by atoms with van der Waals surface area (Å²) in [5.74, 6) is 0. The second kappa shape index (κ2) is 6.61. The molecule has 0 aromatic carbocycles. The van der Waals surface area contributed by atoms with Gasteiger partial charge in [-0.25, -0.2) is 13.2 Å². The highest BCUT2D eigenvalue weighted by molar-refractivity contribution is 7.89. The van der Waals surface area contributed by atoms with E-state index in [-0.39, 0.29) is 19.7 Å². The maximum absolute atomic E-state index is 12.2. The number of ether oxygens (including phenoxy) is 1. The molecule has 0 aliphatic heterocycles. The number of rotatable bonds is 7. The molecule has 1 aromatic heterocycles. The maximum atomic E-state index is 12.2. The zero-order valence-corrected chi connectivity index (χ0v) is 11.1. The van der Waals surface area contributed by atoms with Crippen LogP contribution < -0.4 is 11.2 Å². The molecule has 0 atom stereocenters. The summed E-state index contributed by atoms with van der Waals surface area (Å²) >= 11 is 0. The summed E-state index contributed by atoms with van der Waals surface area (Å²) < 4.78 is 30.0. The van der Waals surface area contributed by atoms with E-state index >= 15 is 0 Å². The van der Waals surface area contributed by atoms with Crippen molar-refractivity contribution in [3.8, 4) is 0 Å². The summed E-state index contributed by atoms with van der Waals surface area (Å²) in [7, 11) is -2.70. The molecule has 19 heavy (non-hydrogen) atoms. The monoisotopic (exact) mass is 293 g/mol. The molecule has 0 radical (unpaired) electrons. The minimum absolute atomic E-state index is 0.0159. The SMILES string of the molecule is COCCN(CCO)S(=O)(=O)c1c[nH]c(=O)[nH]c1=O. The maximum Gasteiger partial charge on any atom is 0.325 e. The van der Waals surface area contributed by atoms with Crippen molar-refractivity contribution in [2.45, 2.75) is 4.90 Å². The molecule has 9 nitrogen and oxygen atoms in total. The second-order valence-electron chi connectivity index (χ2n) is 3.56. The Morgan fingerprint density at radius 3 is 2.58 bits per heavy atom. The van der Waals surface area contributed by atoms with E-state index in [4.69, 9.17) is 9.84 Å². The van der Waals surface area contributed by atoms with Crippen LogP contribution in [0.2, 0.25) is 0 Å². The number of aliphatic hydroxyl groups is 1. The van der Waals surface area contributed by atoms with Crippen molar-refractivity contribution in [2.24, 2.45) is 0 Å². The number of nitrogens with zero attached hydrogens (tertiary/aromatic N) is 1. The van der Waals surface area contributed by atoms with Crippen molar-refractivity contribution in [2.75, 3.05) is 33.4 Å². The third-order valence-corrected chi connectivity index (χ3v) is 4.20. The largest absolute Gasteiger partial charge is 0.395 e. The van der Waals surface area contributed by atoms with Crippen LogP contribution in [0.25, 0.3) is 0 Å². The Kier molecular flexibility index (Phi) is 5.42. The van der Waals surface area contributed by atoms with Gasteiger partial charge in [-0.05, 0) is 0 Å². The summed E-state index contributed by atoms with van der Waals surface area (Å²) in [6, 6.07) is 0. The first-order chi connectivity index (χ1) is 8.93. The molecule has 0 fully saturated rings. The average Bonchev–Trinajstić information content (AvgIpc) is 2.33. The number of aromatic amines is 2. The Hall–Kier alpha value is -1.49. The third-order valence-electron chi connectivity index (χ3n) is 2.30. The van der Waals surface area contributed by atoms with Crippen molar-refractivity contribution < 1.29 is 18.3 Å². The second-order valence-corrected chi connectivity index (χ2v) is 5.46. The molecule has 0 amide bonds. The van der Waals surface area contributed by atoms with Crippen LogP contribution in [-0.2, 0) is 14.8 Å².